The lowest BCUT2D eigenvalue weighted by Gasteiger charge is -2.27. The first kappa shape index (κ1) is 12.2. The summed E-state index contributed by atoms with van der Waals surface area (Å²) in [6, 6.07) is -0.981. The molecule has 0 fully saturated rings. The minimum Gasteiger partial charge on any atom is -0.480 e. The van der Waals surface area contributed by atoms with Crippen molar-refractivity contribution in [2.45, 2.75) is 26.8 Å². The molecule has 0 saturated carbocycles. The maximum Gasteiger partial charge on any atom is 0.326 e. The van der Waals surface area contributed by atoms with Gasteiger partial charge in [0.1, 0.15) is 12.4 Å². The summed E-state index contributed by atoms with van der Waals surface area (Å²) in [7, 11) is 0. The average molecular weight is 226 g/mol. The minimum absolute atomic E-state index is 0.00417. The maximum absolute atomic E-state index is 11.6. The molecule has 0 aliphatic heterocycles. The Bertz CT molecular complexity index is 380. The second-order valence-corrected chi connectivity index (χ2v) is 4.44. The van der Waals surface area contributed by atoms with Crippen LogP contribution in [0.2, 0.25) is 0 Å². The summed E-state index contributed by atoms with van der Waals surface area (Å²) in [5.74, 6) is -1.67. The zero-order valence-electron chi connectivity index (χ0n) is 9.31. The van der Waals surface area contributed by atoms with Crippen LogP contribution in [0.1, 0.15) is 31.4 Å². The van der Waals surface area contributed by atoms with Crippen molar-refractivity contribution in [2.24, 2.45) is 5.41 Å². The van der Waals surface area contributed by atoms with Crippen molar-refractivity contribution in [3.05, 3.63) is 12.2 Å². The highest BCUT2D eigenvalue weighted by atomic mass is 16.4. The van der Waals surface area contributed by atoms with Gasteiger partial charge < -0.3 is 10.4 Å². The number of nitrogens with zero attached hydrogens (tertiary/aromatic N) is 2. The fourth-order valence-corrected chi connectivity index (χ4v) is 1.16. The summed E-state index contributed by atoms with van der Waals surface area (Å²) in [6.07, 6.45) is 1.18. The third kappa shape index (κ3) is 2.78. The molecule has 0 bridgehead atoms. The van der Waals surface area contributed by atoms with Crippen molar-refractivity contribution in [1.29, 1.82) is 0 Å². The van der Waals surface area contributed by atoms with E-state index in [1.807, 2.05) is 0 Å². The lowest BCUT2D eigenvalue weighted by molar-refractivity contribution is -0.142. The van der Waals surface area contributed by atoms with Crippen molar-refractivity contribution in [1.82, 2.24) is 20.5 Å². The Balaban J connectivity index is 2.78. The summed E-state index contributed by atoms with van der Waals surface area (Å²) in [5.41, 5.74) is -0.582. The number of nitrogens with one attached hydrogen (secondary N) is 2. The normalized spacial score (nSPS) is 13.2. The number of hydrogen-bond donors (Lipinski definition) is 3. The molecular formula is C9H14N4O3. The standard InChI is InChI=1S/C9H14N4O3/c1-9(2,3)5(8(15)16)12-7(14)6-10-4-11-13-6/h4-5H,1-3H3,(H,12,14)(H,15,16)(H,10,11,13)/t5-/m0/s1. The van der Waals surface area contributed by atoms with Gasteiger partial charge in [-0.2, -0.15) is 5.10 Å². The van der Waals surface area contributed by atoms with Gasteiger partial charge in [0.2, 0.25) is 5.82 Å². The number of carboxylic acid groups (broad SMARTS) is 1. The van der Waals surface area contributed by atoms with Crippen LogP contribution in [0.3, 0.4) is 0 Å². The molecule has 16 heavy (non-hydrogen) atoms. The zero-order chi connectivity index (χ0) is 12.3. The lowest BCUT2D eigenvalue weighted by Crippen LogP contribution is -2.49. The van der Waals surface area contributed by atoms with Gasteiger partial charge in [0.15, 0.2) is 0 Å². The number of carboxylic acids is 1. The fraction of sp³-hybridized carbons (Fsp3) is 0.556. The first-order chi connectivity index (χ1) is 7.32. The molecule has 1 heterocycles. The van der Waals surface area contributed by atoms with Gasteiger partial charge in [0.05, 0.1) is 0 Å². The number of rotatable bonds is 3. The molecular weight excluding hydrogens is 212 g/mol. The molecule has 0 aromatic carbocycles. The van der Waals surface area contributed by atoms with Crippen LogP contribution in [-0.2, 0) is 4.79 Å². The van der Waals surface area contributed by atoms with Gasteiger partial charge in [-0.15, -0.1) is 0 Å². The number of carbonyl (C=O) groups is 2. The molecule has 0 aliphatic rings. The maximum atomic E-state index is 11.6. The first-order valence-electron chi connectivity index (χ1n) is 4.71. The Kier molecular flexibility index (Phi) is 3.26. The zero-order valence-corrected chi connectivity index (χ0v) is 9.31. The number of aliphatic carboxylic acids is 1. The number of aromatic nitrogens is 3. The molecule has 7 heteroatoms. The van der Waals surface area contributed by atoms with Crippen molar-refractivity contribution >= 4 is 11.9 Å². The van der Waals surface area contributed by atoms with Crippen LogP contribution in [-0.4, -0.2) is 38.2 Å². The number of carbonyl (C=O) groups excluding carboxylic acids is 1. The molecule has 0 spiro atoms. The largest absolute Gasteiger partial charge is 0.480 e. The number of aromatic amines is 1. The van der Waals surface area contributed by atoms with E-state index in [0.29, 0.717) is 0 Å². The third-order valence-electron chi connectivity index (χ3n) is 2.02. The van der Waals surface area contributed by atoms with Crippen LogP contribution in [0.15, 0.2) is 6.33 Å². The summed E-state index contributed by atoms with van der Waals surface area (Å²) in [6.45, 7) is 5.19. The Labute approximate surface area is 92.3 Å². The molecule has 88 valence electrons. The number of H-pyrrole nitrogens is 1. The fourth-order valence-electron chi connectivity index (χ4n) is 1.16. The first-order valence-corrected chi connectivity index (χ1v) is 4.71. The van der Waals surface area contributed by atoms with E-state index in [1.165, 1.54) is 6.33 Å². The van der Waals surface area contributed by atoms with E-state index in [4.69, 9.17) is 5.11 Å². The Morgan fingerprint density at radius 2 is 2.12 bits per heavy atom. The van der Waals surface area contributed by atoms with Crippen molar-refractivity contribution in [3.8, 4) is 0 Å². The Hall–Kier alpha value is -1.92. The molecule has 0 aliphatic carbocycles. The number of amides is 1. The van der Waals surface area contributed by atoms with E-state index >= 15 is 0 Å². The second kappa shape index (κ2) is 4.30. The second-order valence-electron chi connectivity index (χ2n) is 4.44. The van der Waals surface area contributed by atoms with Gasteiger partial charge in [0.25, 0.3) is 5.91 Å². The topological polar surface area (TPSA) is 108 Å². The number of hydrogen-bond acceptors (Lipinski definition) is 4. The summed E-state index contributed by atoms with van der Waals surface area (Å²) in [5, 5.41) is 17.3. The van der Waals surface area contributed by atoms with E-state index in [9.17, 15) is 9.59 Å². The predicted molar refractivity (Wildman–Crippen MR) is 54.7 cm³/mol. The lowest BCUT2D eigenvalue weighted by atomic mass is 9.87. The van der Waals surface area contributed by atoms with Crippen molar-refractivity contribution in [3.63, 3.8) is 0 Å². The van der Waals surface area contributed by atoms with Gasteiger partial charge in [0, 0.05) is 0 Å². The molecule has 1 aromatic rings. The molecule has 0 radical (unpaired) electrons. The highest BCUT2D eigenvalue weighted by Crippen LogP contribution is 2.19. The van der Waals surface area contributed by atoms with Crippen LogP contribution in [0, 0.1) is 5.41 Å². The highest BCUT2D eigenvalue weighted by molar-refractivity contribution is 5.93. The van der Waals surface area contributed by atoms with Gasteiger partial charge in [-0.3, -0.25) is 9.89 Å². The van der Waals surface area contributed by atoms with Crippen LogP contribution >= 0.6 is 0 Å². The molecule has 7 nitrogen and oxygen atoms in total. The monoisotopic (exact) mass is 226 g/mol. The molecule has 0 saturated heterocycles. The summed E-state index contributed by atoms with van der Waals surface area (Å²) < 4.78 is 0. The van der Waals surface area contributed by atoms with Crippen LogP contribution in [0.25, 0.3) is 0 Å². The van der Waals surface area contributed by atoms with Crippen molar-refractivity contribution in [2.75, 3.05) is 0 Å². The summed E-state index contributed by atoms with van der Waals surface area (Å²) >= 11 is 0. The highest BCUT2D eigenvalue weighted by Gasteiger charge is 2.33. The third-order valence-corrected chi connectivity index (χ3v) is 2.02. The minimum atomic E-state index is -1.08. The van der Waals surface area contributed by atoms with Gasteiger partial charge in [-0.25, -0.2) is 9.78 Å². The SMILES string of the molecule is CC(C)(C)[C@@H](NC(=O)c1ncn[nH]1)C(=O)O. The molecule has 1 rings (SSSR count). The smallest absolute Gasteiger partial charge is 0.326 e. The molecule has 1 aromatic heterocycles. The van der Waals surface area contributed by atoms with Gasteiger partial charge >= 0.3 is 5.97 Å². The molecule has 3 N–H and O–H groups in total. The van der Waals surface area contributed by atoms with Crippen LogP contribution in [0.5, 0.6) is 0 Å². The van der Waals surface area contributed by atoms with E-state index in [2.05, 4.69) is 20.5 Å². The molecule has 1 atom stereocenters. The van der Waals surface area contributed by atoms with E-state index in [-0.39, 0.29) is 5.82 Å². The Morgan fingerprint density at radius 1 is 1.50 bits per heavy atom. The van der Waals surface area contributed by atoms with E-state index < -0.39 is 23.3 Å². The van der Waals surface area contributed by atoms with E-state index in [1.54, 1.807) is 20.8 Å². The van der Waals surface area contributed by atoms with Crippen LogP contribution < -0.4 is 5.32 Å². The van der Waals surface area contributed by atoms with Gasteiger partial charge in [-0.05, 0) is 5.41 Å². The molecule has 1 amide bonds. The van der Waals surface area contributed by atoms with Gasteiger partial charge in [-0.1, -0.05) is 20.8 Å². The van der Waals surface area contributed by atoms with Crippen molar-refractivity contribution < 1.29 is 14.7 Å². The predicted octanol–water partition coefficient (Wildman–Crippen LogP) is 0.0338. The average Bonchev–Trinajstić information content (AvgIpc) is 2.63. The van der Waals surface area contributed by atoms with E-state index in [0.717, 1.165) is 0 Å². The quantitative estimate of drug-likeness (QED) is 0.674. The van der Waals surface area contributed by atoms with Crippen LogP contribution in [0.4, 0.5) is 0 Å². The Morgan fingerprint density at radius 3 is 2.50 bits per heavy atom. The molecule has 0 unspecified atom stereocenters. The summed E-state index contributed by atoms with van der Waals surface area (Å²) in [4.78, 5) is 26.2.